The fourth-order valence-electron chi connectivity index (χ4n) is 4.96. The smallest absolute Gasteiger partial charge is 0.193 e. The van der Waals surface area contributed by atoms with Crippen molar-refractivity contribution in [1.29, 1.82) is 5.41 Å². The van der Waals surface area contributed by atoms with Gasteiger partial charge in [-0.1, -0.05) is 32.1 Å². The maximum Gasteiger partial charge on any atom is 0.193 e. The molecule has 1 aromatic carbocycles. The second kappa shape index (κ2) is 9.51. The molecule has 0 saturated heterocycles. The van der Waals surface area contributed by atoms with Gasteiger partial charge in [0.25, 0.3) is 0 Å². The SMILES string of the molecule is Br.CC(C)(C)c1cc(C(=O)CN2Cc3ccc(C4CC4)nc3C2=N)cc2c1OCCN2Cc1nn[nH]n1. The first-order valence-electron chi connectivity index (χ1n) is 12.4. The number of Topliss-reactive ketones (excluding diaryl/α,β-unsaturated/α-hetero) is 1. The number of aromatic amines is 1. The van der Waals surface area contributed by atoms with E-state index < -0.39 is 0 Å². The van der Waals surface area contributed by atoms with Crippen LogP contribution in [0.2, 0.25) is 0 Å². The molecule has 3 aromatic rings. The number of tetrazole rings is 1. The van der Waals surface area contributed by atoms with E-state index >= 15 is 0 Å². The molecule has 6 rings (SSSR count). The maximum atomic E-state index is 13.6. The molecular formula is C26H31BrN8O2. The van der Waals surface area contributed by atoms with Gasteiger partial charge in [-0.2, -0.15) is 5.21 Å². The summed E-state index contributed by atoms with van der Waals surface area (Å²) >= 11 is 0. The van der Waals surface area contributed by atoms with Gasteiger partial charge in [-0.05, 0) is 36.5 Å². The van der Waals surface area contributed by atoms with E-state index in [4.69, 9.17) is 15.1 Å². The molecule has 10 nitrogen and oxygen atoms in total. The van der Waals surface area contributed by atoms with Gasteiger partial charge in [0.1, 0.15) is 23.9 Å². The Hall–Kier alpha value is -3.34. The van der Waals surface area contributed by atoms with E-state index in [-0.39, 0.29) is 34.7 Å². The van der Waals surface area contributed by atoms with Gasteiger partial charge in [0.15, 0.2) is 11.6 Å². The van der Waals surface area contributed by atoms with E-state index in [1.54, 1.807) is 0 Å². The van der Waals surface area contributed by atoms with Crippen LogP contribution < -0.4 is 9.64 Å². The molecule has 3 aliphatic rings. The highest BCUT2D eigenvalue weighted by Crippen LogP contribution is 2.43. The zero-order valence-corrected chi connectivity index (χ0v) is 23.0. The van der Waals surface area contributed by atoms with Crippen LogP contribution in [0.4, 0.5) is 5.69 Å². The predicted octanol–water partition coefficient (Wildman–Crippen LogP) is 3.77. The largest absolute Gasteiger partial charge is 0.489 e. The molecule has 1 saturated carbocycles. The first kappa shape index (κ1) is 25.3. The fraction of sp³-hybridized carbons (Fsp3) is 0.462. The van der Waals surface area contributed by atoms with Crippen LogP contribution in [0.3, 0.4) is 0 Å². The number of hydrogen-bond donors (Lipinski definition) is 2. The number of nitrogens with one attached hydrogen (secondary N) is 2. The third-order valence-corrected chi connectivity index (χ3v) is 7.10. The second-order valence-electron chi connectivity index (χ2n) is 10.9. The van der Waals surface area contributed by atoms with Crippen molar-refractivity contribution in [3.05, 3.63) is 58.2 Å². The zero-order chi connectivity index (χ0) is 25.0. The number of nitrogens with zero attached hydrogens (tertiary/aromatic N) is 6. The summed E-state index contributed by atoms with van der Waals surface area (Å²) in [4.78, 5) is 22.3. The Balaban J connectivity index is 0.00000280. The first-order valence-corrected chi connectivity index (χ1v) is 12.4. The highest BCUT2D eigenvalue weighted by molar-refractivity contribution is 8.93. The number of anilines is 1. The number of rotatable bonds is 6. The number of pyridine rings is 1. The minimum absolute atomic E-state index is 0. The lowest BCUT2D eigenvalue weighted by Crippen LogP contribution is -2.35. The van der Waals surface area contributed by atoms with Crippen molar-refractivity contribution in [3.63, 3.8) is 0 Å². The molecule has 194 valence electrons. The lowest BCUT2D eigenvalue weighted by Gasteiger charge is -2.35. The summed E-state index contributed by atoms with van der Waals surface area (Å²) in [5, 5.41) is 23.1. The van der Waals surface area contributed by atoms with Gasteiger partial charge in [-0.3, -0.25) is 10.2 Å². The van der Waals surface area contributed by atoms with Crippen LogP contribution in [0, 0.1) is 5.41 Å². The van der Waals surface area contributed by atoms with Crippen LogP contribution in [0.1, 0.15) is 78.2 Å². The van der Waals surface area contributed by atoms with Crippen molar-refractivity contribution in [3.8, 4) is 5.75 Å². The van der Waals surface area contributed by atoms with E-state index in [0.29, 0.717) is 55.1 Å². The van der Waals surface area contributed by atoms with Gasteiger partial charge in [-0.25, -0.2) is 4.98 Å². The van der Waals surface area contributed by atoms with Crippen LogP contribution in [-0.4, -0.2) is 61.8 Å². The van der Waals surface area contributed by atoms with Gasteiger partial charge in [0, 0.05) is 34.8 Å². The van der Waals surface area contributed by atoms with Crippen molar-refractivity contribution < 1.29 is 9.53 Å². The van der Waals surface area contributed by atoms with E-state index in [9.17, 15) is 4.79 Å². The van der Waals surface area contributed by atoms with Crippen LogP contribution in [0.5, 0.6) is 5.75 Å². The van der Waals surface area contributed by atoms with Gasteiger partial charge in [0.05, 0.1) is 25.3 Å². The van der Waals surface area contributed by atoms with Crippen LogP contribution in [0.15, 0.2) is 24.3 Å². The molecule has 0 amide bonds. The summed E-state index contributed by atoms with van der Waals surface area (Å²) in [7, 11) is 0. The number of ketones is 1. The van der Waals surface area contributed by atoms with Crippen LogP contribution in [0.25, 0.3) is 0 Å². The Kier molecular flexibility index (Phi) is 6.51. The predicted molar refractivity (Wildman–Crippen MR) is 144 cm³/mol. The molecule has 2 aliphatic heterocycles. The summed E-state index contributed by atoms with van der Waals surface area (Å²) in [6.45, 7) is 8.68. The Bertz CT molecular complexity index is 1350. The van der Waals surface area contributed by atoms with Gasteiger partial charge in [-0.15, -0.1) is 27.2 Å². The van der Waals surface area contributed by atoms with Crippen molar-refractivity contribution >= 4 is 34.3 Å². The molecule has 2 aromatic heterocycles. The molecule has 0 atom stereocenters. The molecule has 0 bridgehead atoms. The Morgan fingerprint density at radius 2 is 2.03 bits per heavy atom. The van der Waals surface area contributed by atoms with Gasteiger partial charge < -0.3 is 14.5 Å². The number of carbonyl (C=O) groups excluding carboxylic acids is 1. The Morgan fingerprint density at radius 3 is 2.73 bits per heavy atom. The molecule has 2 N–H and O–H groups in total. The summed E-state index contributed by atoms with van der Waals surface area (Å²) in [5.41, 5.74) is 5.02. The fourth-order valence-corrected chi connectivity index (χ4v) is 4.96. The van der Waals surface area contributed by atoms with Crippen molar-refractivity contribution in [2.24, 2.45) is 0 Å². The van der Waals surface area contributed by atoms with E-state index in [0.717, 1.165) is 28.3 Å². The Labute approximate surface area is 226 Å². The standard InChI is InChI=1S/C26H30N8O2.BrH/c1-26(2,3)18-10-17(11-20-24(18)36-9-8-33(20)14-22-29-31-32-30-22)21(35)13-34-12-16-6-7-19(15-4-5-15)28-23(16)25(34)27;/h6-7,10-11,15,27H,4-5,8-9,12-14H2,1-3H3,(H,29,30,31,32);1H. The van der Waals surface area contributed by atoms with Crippen LogP contribution >= 0.6 is 17.0 Å². The maximum absolute atomic E-state index is 13.6. The lowest BCUT2D eigenvalue weighted by molar-refractivity contribution is 0.0962. The molecule has 1 fully saturated rings. The minimum Gasteiger partial charge on any atom is -0.489 e. The number of fused-ring (bicyclic) bond motifs is 2. The number of ether oxygens (including phenoxy) is 1. The van der Waals surface area contributed by atoms with E-state index in [1.807, 2.05) is 17.0 Å². The second-order valence-corrected chi connectivity index (χ2v) is 10.9. The molecule has 0 radical (unpaired) electrons. The average Bonchev–Trinajstić information content (AvgIpc) is 3.50. The third-order valence-electron chi connectivity index (χ3n) is 7.10. The highest BCUT2D eigenvalue weighted by Gasteiger charge is 2.33. The van der Waals surface area contributed by atoms with E-state index in [1.165, 1.54) is 12.8 Å². The number of aromatic nitrogens is 5. The molecule has 4 heterocycles. The Morgan fingerprint density at radius 1 is 1.22 bits per heavy atom. The third kappa shape index (κ3) is 4.84. The highest BCUT2D eigenvalue weighted by atomic mass is 79.9. The summed E-state index contributed by atoms with van der Waals surface area (Å²) in [6.07, 6.45) is 2.34. The summed E-state index contributed by atoms with van der Waals surface area (Å²) in [5.74, 6) is 2.21. The number of H-pyrrole nitrogens is 1. The number of hydrogen-bond acceptors (Lipinski definition) is 8. The number of halogens is 1. The quantitative estimate of drug-likeness (QED) is 0.432. The zero-order valence-electron chi connectivity index (χ0n) is 21.2. The number of carbonyl (C=O) groups is 1. The van der Waals surface area contributed by atoms with Crippen LogP contribution in [-0.2, 0) is 18.5 Å². The minimum atomic E-state index is -0.227. The molecule has 0 spiro atoms. The molecular weight excluding hydrogens is 536 g/mol. The first-order chi connectivity index (χ1) is 17.3. The van der Waals surface area contributed by atoms with Crippen molar-refractivity contribution in [1.82, 2.24) is 30.5 Å². The van der Waals surface area contributed by atoms with E-state index in [2.05, 4.69) is 58.4 Å². The van der Waals surface area contributed by atoms with Crippen molar-refractivity contribution in [2.75, 3.05) is 24.6 Å². The molecule has 11 heteroatoms. The van der Waals surface area contributed by atoms with Crippen molar-refractivity contribution in [2.45, 2.75) is 58.0 Å². The number of amidine groups is 1. The monoisotopic (exact) mass is 566 g/mol. The normalized spacial score (nSPS) is 16.7. The average molecular weight is 567 g/mol. The topological polar surface area (TPSA) is 124 Å². The number of benzene rings is 1. The molecule has 37 heavy (non-hydrogen) atoms. The summed E-state index contributed by atoms with van der Waals surface area (Å²) < 4.78 is 6.12. The lowest BCUT2D eigenvalue weighted by atomic mass is 9.84. The van der Waals surface area contributed by atoms with Gasteiger partial charge >= 0.3 is 0 Å². The molecule has 0 unspecified atom stereocenters. The van der Waals surface area contributed by atoms with Gasteiger partial charge in [0.2, 0.25) is 0 Å². The molecule has 1 aliphatic carbocycles. The summed E-state index contributed by atoms with van der Waals surface area (Å²) in [6, 6.07) is 8.00.